The van der Waals surface area contributed by atoms with Gasteiger partial charge in [-0.1, -0.05) is 19.8 Å². The maximum absolute atomic E-state index is 11.8. The van der Waals surface area contributed by atoms with Gasteiger partial charge in [-0.3, -0.25) is 4.79 Å². The molecule has 1 aliphatic rings. The van der Waals surface area contributed by atoms with Crippen LogP contribution in [0.15, 0.2) is 0 Å². The first-order valence-corrected chi connectivity index (χ1v) is 9.01. The molecule has 2 N–H and O–H groups in total. The monoisotopic (exact) mass is 290 g/mol. The molecule has 1 amide bonds. The van der Waals surface area contributed by atoms with Crippen molar-refractivity contribution < 1.29 is 13.2 Å². The lowest BCUT2D eigenvalue weighted by Crippen LogP contribution is -2.50. The largest absolute Gasteiger partial charge is 0.355 e. The van der Waals surface area contributed by atoms with E-state index in [-0.39, 0.29) is 29.5 Å². The van der Waals surface area contributed by atoms with Gasteiger partial charge in [0.1, 0.15) is 0 Å². The lowest BCUT2D eigenvalue weighted by Gasteiger charge is -2.26. The highest BCUT2D eigenvalue weighted by Crippen LogP contribution is 2.12. The number of carbonyl (C=O) groups excluding carboxylic acids is 1. The van der Waals surface area contributed by atoms with Crippen molar-refractivity contribution in [3.8, 4) is 0 Å². The number of hydrogen-bond acceptors (Lipinski definition) is 4. The first kappa shape index (κ1) is 16.4. The van der Waals surface area contributed by atoms with Crippen molar-refractivity contribution in [3.05, 3.63) is 0 Å². The summed E-state index contributed by atoms with van der Waals surface area (Å²) in [6.45, 7) is 4.60. The summed E-state index contributed by atoms with van der Waals surface area (Å²) in [7, 11) is -2.92. The zero-order chi connectivity index (χ0) is 14.3. The maximum Gasteiger partial charge on any atom is 0.236 e. The molecule has 1 fully saturated rings. The van der Waals surface area contributed by atoms with Gasteiger partial charge < -0.3 is 10.6 Å². The Balaban J connectivity index is 2.29. The minimum Gasteiger partial charge on any atom is -0.355 e. The van der Waals surface area contributed by atoms with Crippen molar-refractivity contribution in [2.45, 2.75) is 58.0 Å². The Morgan fingerprint density at radius 3 is 2.74 bits per heavy atom. The number of carbonyl (C=O) groups is 1. The van der Waals surface area contributed by atoms with Crippen LogP contribution in [0.4, 0.5) is 0 Å². The molecule has 5 nitrogen and oxygen atoms in total. The average molecular weight is 290 g/mol. The summed E-state index contributed by atoms with van der Waals surface area (Å²) in [6.07, 6.45) is 4.75. The fraction of sp³-hybridized carbons (Fsp3) is 0.923. The van der Waals surface area contributed by atoms with E-state index < -0.39 is 9.84 Å². The van der Waals surface area contributed by atoms with E-state index in [2.05, 4.69) is 17.6 Å². The minimum atomic E-state index is -2.92. The van der Waals surface area contributed by atoms with E-state index in [1.165, 1.54) is 0 Å². The molecule has 0 aromatic carbocycles. The quantitative estimate of drug-likeness (QED) is 0.682. The zero-order valence-electron chi connectivity index (χ0n) is 11.9. The Morgan fingerprint density at radius 1 is 1.37 bits per heavy atom. The van der Waals surface area contributed by atoms with Crippen LogP contribution < -0.4 is 10.6 Å². The van der Waals surface area contributed by atoms with Crippen molar-refractivity contribution in [1.29, 1.82) is 0 Å². The molecule has 0 aromatic heterocycles. The number of sulfone groups is 1. The van der Waals surface area contributed by atoms with Crippen LogP contribution in [0.1, 0.15) is 46.0 Å². The standard InChI is InChI=1S/C13H26N2O3S/c1-3-4-5-8-14-13(16)11(2)15-12-7-6-9-19(17,18)10-12/h11-12,15H,3-10H2,1-2H3,(H,14,16). The predicted octanol–water partition coefficient (Wildman–Crippen LogP) is 0.848. The second-order valence-electron chi connectivity index (χ2n) is 5.34. The van der Waals surface area contributed by atoms with E-state index in [0.717, 1.165) is 25.7 Å². The van der Waals surface area contributed by atoms with Gasteiger partial charge in [0.05, 0.1) is 17.5 Å². The second-order valence-corrected chi connectivity index (χ2v) is 7.57. The van der Waals surface area contributed by atoms with Gasteiger partial charge >= 0.3 is 0 Å². The summed E-state index contributed by atoms with van der Waals surface area (Å²) in [5.74, 6) is 0.391. The van der Waals surface area contributed by atoms with Crippen LogP contribution >= 0.6 is 0 Å². The number of rotatable bonds is 7. The third kappa shape index (κ3) is 6.38. The van der Waals surface area contributed by atoms with Crippen molar-refractivity contribution in [2.75, 3.05) is 18.1 Å². The van der Waals surface area contributed by atoms with Gasteiger partial charge in [0.15, 0.2) is 9.84 Å². The molecular weight excluding hydrogens is 264 g/mol. The Morgan fingerprint density at radius 2 is 2.11 bits per heavy atom. The van der Waals surface area contributed by atoms with Crippen LogP contribution in [0, 0.1) is 0 Å². The molecule has 19 heavy (non-hydrogen) atoms. The van der Waals surface area contributed by atoms with Crippen LogP contribution in [-0.4, -0.2) is 44.5 Å². The summed E-state index contributed by atoms with van der Waals surface area (Å²) < 4.78 is 23.0. The normalized spacial score (nSPS) is 23.8. The van der Waals surface area contributed by atoms with Crippen LogP contribution in [0.3, 0.4) is 0 Å². The molecule has 6 heteroatoms. The maximum atomic E-state index is 11.8. The molecule has 0 bridgehead atoms. The van der Waals surface area contributed by atoms with Crippen LogP contribution in [0.2, 0.25) is 0 Å². The van der Waals surface area contributed by atoms with E-state index in [9.17, 15) is 13.2 Å². The molecule has 1 aliphatic heterocycles. The van der Waals surface area contributed by atoms with Gasteiger partial charge in [-0.2, -0.15) is 0 Å². The van der Waals surface area contributed by atoms with E-state index in [1.54, 1.807) is 6.92 Å². The molecule has 1 heterocycles. The Kier molecular flexibility index (Phi) is 6.79. The van der Waals surface area contributed by atoms with Gasteiger partial charge in [-0.25, -0.2) is 8.42 Å². The van der Waals surface area contributed by atoms with Gasteiger partial charge in [-0.15, -0.1) is 0 Å². The minimum absolute atomic E-state index is 0.0425. The van der Waals surface area contributed by atoms with Gasteiger partial charge in [-0.05, 0) is 26.2 Å². The van der Waals surface area contributed by atoms with E-state index in [4.69, 9.17) is 0 Å². The first-order valence-electron chi connectivity index (χ1n) is 7.19. The number of hydrogen-bond donors (Lipinski definition) is 2. The number of unbranched alkanes of at least 4 members (excludes halogenated alkanes) is 2. The molecule has 0 aliphatic carbocycles. The first-order chi connectivity index (χ1) is 8.94. The third-order valence-electron chi connectivity index (χ3n) is 3.42. The van der Waals surface area contributed by atoms with Crippen molar-refractivity contribution >= 4 is 15.7 Å². The number of nitrogens with one attached hydrogen (secondary N) is 2. The highest BCUT2D eigenvalue weighted by Gasteiger charge is 2.26. The summed E-state index contributed by atoms with van der Waals surface area (Å²) in [5.41, 5.74) is 0. The molecule has 0 spiro atoms. The summed E-state index contributed by atoms with van der Waals surface area (Å²) in [5, 5.41) is 6.00. The fourth-order valence-corrected chi connectivity index (χ4v) is 3.97. The summed E-state index contributed by atoms with van der Waals surface area (Å²) >= 11 is 0. The Labute approximate surface area is 116 Å². The van der Waals surface area contributed by atoms with Crippen LogP contribution in [-0.2, 0) is 14.6 Å². The Hall–Kier alpha value is -0.620. The Bertz CT molecular complexity index is 381. The van der Waals surface area contributed by atoms with Crippen molar-refractivity contribution in [1.82, 2.24) is 10.6 Å². The third-order valence-corrected chi connectivity index (χ3v) is 5.24. The van der Waals surface area contributed by atoms with E-state index in [1.807, 2.05) is 0 Å². The zero-order valence-corrected chi connectivity index (χ0v) is 12.8. The van der Waals surface area contributed by atoms with E-state index >= 15 is 0 Å². The molecule has 0 saturated carbocycles. The van der Waals surface area contributed by atoms with E-state index in [0.29, 0.717) is 13.0 Å². The predicted molar refractivity (Wildman–Crippen MR) is 76.8 cm³/mol. The van der Waals surface area contributed by atoms with Crippen LogP contribution in [0.5, 0.6) is 0 Å². The molecule has 112 valence electrons. The van der Waals surface area contributed by atoms with Gasteiger partial charge in [0, 0.05) is 12.6 Å². The second kappa shape index (κ2) is 7.85. The topological polar surface area (TPSA) is 75.3 Å². The van der Waals surface area contributed by atoms with Crippen molar-refractivity contribution in [2.24, 2.45) is 0 Å². The highest BCUT2D eigenvalue weighted by molar-refractivity contribution is 7.91. The summed E-state index contributed by atoms with van der Waals surface area (Å²) in [4.78, 5) is 11.8. The van der Waals surface area contributed by atoms with Gasteiger partial charge in [0.2, 0.25) is 5.91 Å². The lowest BCUT2D eigenvalue weighted by atomic mass is 10.1. The fourth-order valence-electron chi connectivity index (χ4n) is 2.32. The average Bonchev–Trinajstić information content (AvgIpc) is 2.33. The molecule has 2 atom stereocenters. The molecule has 1 rings (SSSR count). The molecule has 0 aromatic rings. The highest BCUT2D eigenvalue weighted by atomic mass is 32.2. The van der Waals surface area contributed by atoms with Gasteiger partial charge in [0.25, 0.3) is 0 Å². The smallest absolute Gasteiger partial charge is 0.236 e. The number of amides is 1. The molecule has 1 saturated heterocycles. The van der Waals surface area contributed by atoms with Crippen molar-refractivity contribution in [3.63, 3.8) is 0 Å². The SMILES string of the molecule is CCCCCNC(=O)C(C)NC1CCCS(=O)(=O)C1. The molecular formula is C13H26N2O3S. The lowest BCUT2D eigenvalue weighted by molar-refractivity contribution is -0.122. The van der Waals surface area contributed by atoms with Crippen LogP contribution in [0.25, 0.3) is 0 Å². The molecule has 0 radical (unpaired) electrons. The summed E-state index contributed by atoms with van der Waals surface area (Å²) in [6, 6.07) is -0.421. The molecule has 2 unspecified atom stereocenters.